The van der Waals surface area contributed by atoms with E-state index in [9.17, 15) is 27.8 Å². The molecular formula is C24H38FN3O7S. The molecular weight excluding hydrogens is 493 g/mol. The van der Waals surface area contributed by atoms with E-state index in [1.807, 2.05) is 18.7 Å². The van der Waals surface area contributed by atoms with Gasteiger partial charge in [-0.05, 0) is 23.6 Å². The third-order valence-corrected chi connectivity index (χ3v) is 7.59. The van der Waals surface area contributed by atoms with Crippen molar-refractivity contribution in [3.63, 3.8) is 0 Å². The van der Waals surface area contributed by atoms with Crippen LogP contribution in [0.25, 0.3) is 0 Å². The number of hydrogen-bond acceptors (Lipinski definition) is 8. The number of carbonyl (C=O) groups is 1. The van der Waals surface area contributed by atoms with Gasteiger partial charge in [0.15, 0.2) is 0 Å². The minimum atomic E-state index is -3.60. The molecule has 12 heteroatoms. The monoisotopic (exact) mass is 531 g/mol. The first-order chi connectivity index (χ1) is 16.8. The lowest BCUT2D eigenvalue weighted by molar-refractivity contribution is -0.139. The van der Waals surface area contributed by atoms with Crippen molar-refractivity contribution < 1.29 is 37.7 Å². The highest BCUT2D eigenvalue weighted by Gasteiger charge is 2.46. The smallest absolute Gasteiger partial charge is 0.305 e. The molecule has 204 valence electrons. The van der Waals surface area contributed by atoms with Crippen molar-refractivity contribution in [3.8, 4) is 0 Å². The number of hydrogen-bond donors (Lipinski definition) is 4. The van der Waals surface area contributed by atoms with Crippen LogP contribution in [-0.2, 0) is 19.6 Å². The van der Waals surface area contributed by atoms with Crippen LogP contribution in [0.1, 0.15) is 38.3 Å². The number of aliphatic hydroxyl groups is 2. The topological polar surface area (TPSA) is 140 Å². The van der Waals surface area contributed by atoms with E-state index in [4.69, 9.17) is 9.84 Å². The highest BCUT2D eigenvalue weighted by Crippen LogP contribution is 2.40. The van der Waals surface area contributed by atoms with Crippen LogP contribution in [0.15, 0.2) is 36.4 Å². The second kappa shape index (κ2) is 13.0. The molecule has 1 aromatic rings. The molecule has 0 amide bonds. The Labute approximate surface area is 212 Å². The molecule has 1 saturated heterocycles. The summed E-state index contributed by atoms with van der Waals surface area (Å²) < 4.78 is 45.4. The lowest BCUT2D eigenvalue weighted by Gasteiger charge is -2.52. The van der Waals surface area contributed by atoms with Gasteiger partial charge in [-0.2, -0.15) is 4.31 Å². The number of carboxylic acid groups (broad SMARTS) is 1. The molecule has 1 aliphatic heterocycles. The number of sulfonamides is 1. The first-order valence-corrected chi connectivity index (χ1v) is 13.6. The predicted octanol–water partition coefficient (Wildman–Crippen LogP) is 1.33. The first-order valence-electron chi connectivity index (χ1n) is 11.7. The van der Waals surface area contributed by atoms with E-state index in [1.165, 1.54) is 36.7 Å². The maximum absolute atomic E-state index is 13.8. The zero-order chi connectivity index (χ0) is 27.2. The highest BCUT2D eigenvalue weighted by atomic mass is 32.2. The summed E-state index contributed by atoms with van der Waals surface area (Å²) in [6.07, 6.45) is 0.683. The molecule has 0 saturated carbocycles. The summed E-state index contributed by atoms with van der Waals surface area (Å²) in [5.74, 6) is -1.88. The van der Waals surface area contributed by atoms with Crippen LogP contribution in [0.4, 0.5) is 4.39 Å². The van der Waals surface area contributed by atoms with Crippen molar-refractivity contribution in [1.29, 1.82) is 0 Å². The number of nitrogens with zero attached hydrogens (tertiary/aromatic N) is 2. The van der Waals surface area contributed by atoms with Gasteiger partial charge in [-0.1, -0.05) is 38.1 Å². The van der Waals surface area contributed by atoms with E-state index in [0.717, 1.165) is 11.8 Å². The number of halogens is 1. The minimum absolute atomic E-state index is 0.0255. The number of methoxy groups -OCH3 is 1. The Hall–Kier alpha value is -1.93. The summed E-state index contributed by atoms with van der Waals surface area (Å²) in [5.41, 5.74) is 0.725. The molecule has 36 heavy (non-hydrogen) atoms. The maximum Gasteiger partial charge on any atom is 0.305 e. The molecule has 0 radical (unpaired) electrons. The molecule has 0 bridgehead atoms. The third kappa shape index (κ3) is 8.04. The fourth-order valence-corrected chi connectivity index (χ4v) is 5.12. The lowest BCUT2D eigenvalue weighted by Crippen LogP contribution is -2.68. The fraction of sp³-hybridized carbons (Fsp3) is 0.625. The number of aliphatic hydroxyl groups excluding tert-OH is 2. The van der Waals surface area contributed by atoms with Gasteiger partial charge in [0.05, 0.1) is 24.9 Å². The summed E-state index contributed by atoms with van der Waals surface area (Å²) in [7, 11) is -0.639. The van der Waals surface area contributed by atoms with Crippen molar-refractivity contribution >= 4 is 16.0 Å². The standard InChI is InChI=1S/C24H38FN3O7S/c1-15(2)22-20(11-10-18(29)12-19(30)13-21(31)32)23(16-6-8-17(25)9-7-16)28(14-35-4)24(26-22)27(3)36(5,33)34/h6-11,15,18-20,22-24,26,29-30H,12-14H2,1-5H3,(H,31,32)/b11-10+/t18?,19-,20?,22?,23?,24?/m1/s1. The van der Waals surface area contributed by atoms with Crippen LogP contribution >= 0.6 is 0 Å². The average molecular weight is 532 g/mol. The molecule has 0 aromatic heterocycles. The summed E-state index contributed by atoms with van der Waals surface area (Å²) in [5, 5.41) is 32.6. The van der Waals surface area contributed by atoms with Crippen LogP contribution in [0, 0.1) is 17.7 Å². The number of rotatable bonds is 12. The number of benzene rings is 1. The Balaban J connectivity index is 2.54. The van der Waals surface area contributed by atoms with Gasteiger partial charge in [-0.3, -0.25) is 10.1 Å². The van der Waals surface area contributed by atoms with Crippen LogP contribution in [-0.4, -0.2) is 90.6 Å². The van der Waals surface area contributed by atoms with Crippen molar-refractivity contribution in [2.24, 2.45) is 11.8 Å². The molecule has 6 atom stereocenters. The summed E-state index contributed by atoms with van der Waals surface area (Å²) in [6, 6.07) is 5.20. The molecule has 4 N–H and O–H groups in total. The quantitative estimate of drug-likeness (QED) is 0.294. The molecule has 1 aromatic carbocycles. The van der Waals surface area contributed by atoms with E-state index in [1.54, 1.807) is 18.2 Å². The van der Waals surface area contributed by atoms with Gasteiger partial charge in [0, 0.05) is 38.6 Å². The number of nitrogens with one attached hydrogen (secondary N) is 1. The van der Waals surface area contributed by atoms with Crippen LogP contribution in [0.5, 0.6) is 0 Å². The number of ether oxygens (including phenoxy) is 1. The molecule has 1 fully saturated rings. The first kappa shape index (κ1) is 30.3. The molecule has 10 nitrogen and oxygen atoms in total. The third-order valence-electron chi connectivity index (χ3n) is 6.35. The summed E-state index contributed by atoms with van der Waals surface area (Å²) in [6.45, 7) is 4.02. The van der Waals surface area contributed by atoms with Crippen molar-refractivity contribution in [3.05, 3.63) is 47.8 Å². The van der Waals surface area contributed by atoms with Crippen LogP contribution < -0.4 is 5.32 Å². The van der Waals surface area contributed by atoms with Crippen LogP contribution in [0.2, 0.25) is 0 Å². The van der Waals surface area contributed by atoms with Crippen molar-refractivity contribution in [1.82, 2.24) is 14.5 Å². The normalized spacial score (nSPS) is 25.5. The average Bonchev–Trinajstić information content (AvgIpc) is 2.76. The van der Waals surface area contributed by atoms with Gasteiger partial charge in [0.25, 0.3) is 0 Å². The van der Waals surface area contributed by atoms with E-state index < -0.39 is 52.8 Å². The van der Waals surface area contributed by atoms with Gasteiger partial charge in [0.1, 0.15) is 18.8 Å². The van der Waals surface area contributed by atoms with Crippen molar-refractivity contribution in [2.75, 3.05) is 27.1 Å². The largest absolute Gasteiger partial charge is 0.481 e. The van der Waals surface area contributed by atoms with E-state index in [2.05, 4.69) is 5.32 Å². The summed E-state index contributed by atoms with van der Waals surface area (Å²) >= 11 is 0. The Kier molecular flexibility index (Phi) is 11.0. The van der Waals surface area contributed by atoms with Crippen LogP contribution in [0.3, 0.4) is 0 Å². The Morgan fingerprint density at radius 1 is 1.28 bits per heavy atom. The fourth-order valence-electron chi connectivity index (χ4n) is 4.58. The van der Waals surface area contributed by atoms with Gasteiger partial charge in [0.2, 0.25) is 10.0 Å². The van der Waals surface area contributed by atoms with Gasteiger partial charge in [-0.15, -0.1) is 0 Å². The Bertz CT molecular complexity index is 990. The second-order valence-corrected chi connectivity index (χ2v) is 11.6. The summed E-state index contributed by atoms with van der Waals surface area (Å²) in [4.78, 5) is 12.6. The van der Waals surface area contributed by atoms with E-state index in [-0.39, 0.29) is 31.0 Å². The molecule has 0 aliphatic carbocycles. The molecule has 2 rings (SSSR count). The molecule has 1 aliphatic rings. The van der Waals surface area contributed by atoms with Gasteiger partial charge >= 0.3 is 5.97 Å². The van der Waals surface area contributed by atoms with Crippen molar-refractivity contribution in [2.45, 2.75) is 57.3 Å². The van der Waals surface area contributed by atoms with Gasteiger partial charge < -0.3 is 20.1 Å². The maximum atomic E-state index is 13.8. The lowest BCUT2D eigenvalue weighted by atomic mass is 9.79. The Morgan fingerprint density at radius 3 is 2.39 bits per heavy atom. The highest BCUT2D eigenvalue weighted by molar-refractivity contribution is 7.88. The number of carboxylic acids is 1. The van der Waals surface area contributed by atoms with E-state index in [0.29, 0.717) is 0 Å². The zero-order valence-corrected chi connectivity index (χ0v) is 22.1. The Morgan fingerprint density at radius 2 is 1.89 bits per heavy atom. The predicted molar refractivity (Wildman–Crippen MR) is 133 cm³/mol. The molecule has 0 spiro atoms. The molecule has 5 unspecified atom stereocenters. The molecule has 1 heterocycles. The zero-order valence-electron chi connectivity index (χ0n) is 21.3. The second-order valence-electron chi connectivity index (χ2n) is 9.53. The van der Waals surface area contributed by atoms with Gasteiger partial charge in [-0.25, -0.2) is 17.7 Å². The SMILES string of the molecule is COCN1C(c2ccc(F)cc2)C(/C=C/C(O)C[C@@H](O)CC(=O)O)C(C(C)C)NC1N(C)S(C)(=O)=O. The minimum Gasteiger partial charge on any atom is -0.481 e. The van der Waals surface area contributed by atoms with E-state index >= 15 is 0 Å². The number of aliphatic carboxylic acids is 1.